The normalized spacial score (nSPS) is 10.3. The number of aromatic amines is 1. The summed E-state index contributed by atoms with van der Waals surface area (Å²) in [6, 6.07) is 10.8. The third-order valence-electron chi connectivity index (χ3n) is 3.25. The van der Waals surface area contributed by atoms with Crippen LogP contribution in [0.15, 0.2) is 42.6 Å². The molecule has 0 saturated heterocycles. The van der Waals surface area contributed by atoms with Crippen LogP contribution < -0.4 is 0 Å². The predicted octanol–water partition coefficient (Wildman–Crippen LogP) is 3.40. The Morgan fingerprint density at radius 2 is 1.90 bits per heavy atom. The molecule has 110 valence electrons. The van der Waals surface area contributed by atoms with Crippen LogP contribution in [-0.4, -0.2) is 23.3 Å². The van der Waals surface area contributed by atoms with Crippen molar-refractivity contribution in [2.75, 3.05) is 6.61 Å². The molecule has 0 atom stereocenters. The Morgan fingerprint density at radius 3 is 2.52 bits per heavy atom. The Bertz CT molecular complexity index is 585. The molecule has 0 aliphatic carbocycles. The molecule has 1 aromatic heterocycles. The summed E-state index contributed by atoms with van der Waals surface area (Å²) in [5.41, 5.74) is 2.13. The van der Waals surface area contributed by atoms with Crippen LogP contribution in [0.25, 0.3) is 0 Å². The number of ether oxygens (including phenoxy) is 1. The molecule has 0 radical (unpaired) electrons. The van der Waals surface area contributed by atoms with E-state index >= 15 is 0 Å². The molecule has 0 amide bonds. The van der Waals surface area contributed by atoms with Gasteiger partial charge in [-0.15, -0.1) is 0 Å². The summed E-state index contributed by atoms with van der Waals surface area (Å²) in [6.45, 7) is 1.91. The highest BCUT2D eigenvalue weighted by molar-refractivity contribution is 5.99. The summed E-state index contributed by atoms with van der Waals surface area (Å²) in [5, 5.41) is 0. The van der Waals surface area contributed by atoms with Gasteiger partial charge >= 0.3 is 5.97 Å². The molecule has 0 fully saturated rings. The largest absolute Gasteiger partial charge is 0.453 e. The summed E-state index contributed by atoms with van der Waals surface area (Å²) in [4.78, 5) is 26.3. The van der Waals surface area contributed by atoms with Crippen LogP contribution in [0.3, 0.4) is 0 Å². The number of ketones is 1. The molecule has 0 unspecified atom stereocenters. The Hall–Kier alpha value is -2.36. The number of H-pyrrole nitrogens is 1. The Kier molecular flexibility index (Phi) is 5.32. The highest BCUT2D eigenvalue weighted by Gasteiger charge is 2.12. The first-order chi connectivity index (χ1) is 10.2. The fourth-order valence-electron chi connectivity index (χ4n) is 1.99. The van der Waals surface area contributed by atoms with E-state index < -0.39 is 5.97 Å². The number of esters is 1. The summed E-state index contributed by atoms with van der Waals surface area (Å²) >= 11 is 0. The smallest absolute Gasteiger partial charge is 0.355 e. The van der Waals surface area contributed by atoms with Gasteiger partial charge in [0.2, 0.25) is 0 Å². The van der Waals surface area contributed by atoms with Crippen LogP contribution in [0.2, 0.25) is 0 Å². The van der Waals surface area contributed by atoms with Gasteiger partial charge in [0.25, 0.3) is 0 Å². The lowest BCUT2D eigenvalue weighted by atomic mass is 10.0. The SMILES string of the molecule is CCCCc1ccc(C(=O)COC(=O)c2ccc[nH]2)cc1. The van der Waals surface area contributed by atoms with Gasteiger partial charge in [0.05, 0.1) is 0 Å². The molecular weight excluding hydrogens is 266 g/mol. The molecule has 2 aromatic rings. The van der Waals surface area contributed by atoms with E-state index in [1.54, 1.807) is 30.5 Å². The standard InChI is InChI=1S/C17H19NO3/c1-2-3-5-13-7-9-14(10-8-13)16(19)12-21-17(20)15-6-4-11-18-15/h4,6-11,18H,2-3,5,12H2,1H3. The maximum Gasteiger partial charge on any atom is 0.355 e. The number of carbonyl (C=O) groups is 2. The van der Waals surface area contributed by atoms with E-state index in [1.807, 2.05) is 12.1 Å². The van der Waals surface area contributed by atoms with Gasteiger partial charge in [-0.1, -0.05) is 37.6 Å². The number of nitrogens with one attached hydrogen (secondary N) is 1. The van der Waals surface area contributed by atoms with Crippen molar-refractivity contribution in [3.05, 3.63) is 59.4 Å². The molecule has 21 heavy (non-hydrogen) atoms. The van der Waals surface area contributed by atoms with Crippen LogP contribution in [-0.2, 0) is 11.2 Å². The lowest BCUT2D eigenvalue weighted by molar-refractivity contribution is 0.0469. The fraction of sp³-hybridized carbons (Fsp3) is 0.294. The van der Waals surface area contributed by atoms with Gasteiger partial charge in [0.1, 0.15) is 5.69 Å². The second-order valence-corrected chi connectivity index (χ2v) is 4.88. The quantitative estimate of drug-likeness (QED) is 0.626. The zero-order valence-electron chi connectivity index (χ0n) is 12.1. The van der Waals surface area contributed by atoms with Gasteiger partial charge in [0, 0.05) is 11.8 Å². The topological polar surface area (TPSA) is 59.2 Å². The average Bonchev–Trinajstić information content (AvgIpc) is 3.05. The van der Waals surface area contributed by atoms with Crippen molar-refractivity contribution in [1.29, 1.82) is 0 Å². The third kappa shape index (κ3) is 4.31. The molecule has 4 heteroatoms. The van der Waals surface area contributed by atoms with Crippen LogP contribution in [0.5, 0.6) is 0 Å². The van der Waals surface area contributed by atoms with Crippen molar-refractivity contribution < 1.29 is 14.3 Å². The number of hydrogen-bond acceptors (Lipinski definition) is 3. The van der Waals surface area contributed by atoms with E-state index in [1.165, 1.54) is 5.56 Å². The van der Waals surface area contributed by atoms with Gasteiger partial charge in [-0.3, -0.25) is 4.79 Å². The molecule has 1 heterocycles. The van der Waals surface area contributed by atoms with E-state index in [-0.39, 0.29) is 12.4 Å². The van der Waals surface area contributed by atoms with Gasteiger partial charge in [-0.2, -0.15) is 0 Å². The van der Waals surface area contributed by atoms with Gasteiger partial charge in [0.15, 0.2) is 12.4 Å². The van der Waals surface area contributed by atoms with E-state index in [2.05, 4.69) is 11.9 Å². The molecule has 0 aliphatic heterocycles. The summed E-state index contributed by atoms with van der Waals surface area (Å²) < 4.78 is 4.98. The molecule has 0 saturated carbocycles. The second-order valence-electron chi connectivity index (χ2n) is 4.88. The number of benzene rings is 1. The molecule has 1 N–H and O–H groups in total. The highest BCUT2D eigenvalue weighted by Crippen LogP contribution is 2.09. The van der Waals surface area contributed by atoms with E-state index in [9.17, 15) is 9.59 Å². The van der Waals surface area contributed by atoms with E-state index in [0.717, 1.165) is 19.3 Å². The minimum absolute atomic E-state index is 0.197. The van der Waals surface area contributed by atoms with Gasteiger partial charge in [-0.05, 0) is 30.5 Å². The second kappa shape index (κ2) is 7.43. The Labute approximate surface area is 124 Å². The lowest BCUT2D eigenvalue weighted by Gasteiger charge is -2.05. The number of carbonyl (C=O) groups excluding carboxylic acids is 2. The van der Waals surface area contributed by atoms with Crippen molar-refractivity contribution in [1.82, 2.24) is 4.98 Å². The highest BCUT2D eigenvalue weighted by atomic mass is 16.5. The molecule has 2 rings (SSSR count). The van der Waals surface area contributed by atoms with Crippen molar-refractivity contribution in [2.45, 2.75) is 26.2 Å². The average molecular weight is 285 g/mol. The van der Waals surface area contributed by atoms with Crippen molar-refractivity contribution in [3.8, 4) is 0 Å². The van der Waals surface area contributed by atoms with E-state index in [4.69, 9.17) is 4.74 Å². The Morgan fingerprint density at radius 1 is 1.14 bits per heavy atom. The number of hydrogen-bond donors (Lipinski definition) is 1. The zero-order valence-corrected chi connectivity index (χ0v) is 12.1. The van der Waals surface area contributed by atoms with Gasteiger partial charge < -0.3 is 9.72 Å². The summed E-state index contributed by atoms with van der Waals surface area (Å²) in [6.07, 6.45) is 4.94. The maximum atomic E-state index is 12.0. The monoisotopic (exact) mass is 285 g/mol. The van der Waals surface area contributed by atoms with Crippen molar-refractivity contribution in [3.63, 3.8) is 0 Å². The first-order valence-electron chi connectivity index (χ1n) is 7.13. The van der Waals surface area contributed by atoms with Crippen molar-refractivity contribution >= 4 is 11.8 Å². The Balaban J connectivity index is 1.87. The van der Waals surface area contributed by atoms with Crippen molar-refractivity contribution in [2.24, 2.45) is 0 Å². The summed E-state index contributed by atoms with van der Waals surface area (Å²) in [7, 11) is 0. The molecule has 0 spiro atoms. The van der Waals surface area contributed by atoms with Crippen LogP contribution in [0.1, 0.15) is 46.2 Å². The first-order valence-corrected chi connectivity index (χ1v) is 7.13. The van der Waals surface area contributed by atoms with E-state index in [0.29, 0.717) is 11.3 Å². The van der Waals surface area contributed by atoms with Gasteiger partial charge in [-0.25, -0.2) is 4.79 Å². The molecule has 4 nitrogen and oxygen atoms in total. The number of aromatic nitrogens is 1. The fourth-order valence-corrected chi connectivity index (χ4v) is 1.99. The lowest BCUT2D eigenvalue weighted by Crippen LogP contribution is -2.14. The van der Waals surface area contributed by atoms with Crippen LogP contribution >= 0.6 is 0 Å². The van der Waals surface area contributed by atoms with Crippen LogP contribution in [0.4, 0.5) is 0 Å². The number of rotatable bonds is 7. The molecule has 1 aromatic carbocycles. The number of Topliss-reactive ketones (excluding diaryl/α,β-unsaturated/α-hetero) is 1. The molecule has 0 aliphatic rings. The minimum atomic E-state index is -0.520. The first kappa shape index (κ1) is 15.0. The molecular formula is C17H19NO3. The van der Waals surface area contributed by atoms with Crippen LogP contribution in [0, 0.1) is 0 Å². The number of aryl methyl sites for hydroxylation is 1. The molecule has 0 bridgehead atoms. The third-order valence-corrected chi connectivity index (χ3v) is 3.25. The summed E-state index contributed by atoms with van der Waals surface area (Å²) in [5.74, 6) is -0.718. The number of unbranched alkanes of at least 4 members (excludes halogenated alkanes) is 1. The minimum Gasteiger partial charge on any atom is -0.453 e. The predicted molar refractivity (Wildman–Crippen MR) is 80.5 cm³/mol. The maximum absolute atomic E-state index is 12.0. The zero-order chi connectivity index (χ0) is 15.1.